The molecule has 0 saturated heterocycles. The van der Waals surface area contributed by atoms with Crippen LogP contribution in [0.25, 0.3) is 55.7 Å². The third-order valence-electron chi connectivity index (χ3n) is 15.6. The zero-order valence-corrected chi connectivity index (χ0v) is 49.8. The molecular weight excluding hydrogens is 1110 g/mol. The maximum Gasteiger partial charge on any atom is 0.416 e. The number of halogens is 3. The second-order valence-electron chi connectivity index (χ2n) is 22.2. The van der Waals surface area contributed by atoms with Crippen molar-refractivity contribution in [3.63, 3.8) is 0 Å². The number of imidazole rings is 2. The largest absolute Gasteiger partial charge is 0.416 e. The first-order valence-electron chi connectivity index (χ1n) is 29.7. The van der Waals surface area contributed by atoms with E-state index < -0.39 is 11.7 Å². The number of aliphatic hydroxyl groups is 3. The summed E-state index contributed by atoms with van der Waals surface area (Å²) >= 11 is 0. The average molecular weight is 1180 g/mol. The number of ketones is 2. The van der Waals surface area contributed by atoms with Gasteiger partial charge in [-0.3, -0.25) is 14.7 Å². The van der Waals surface area contributed by atoms with Crippen molar-refractivity contribution in [3.05, 3.63) is 197 Å². The van der Waals surface area contributed by atoms with Gasteiger partial charge in [-0.2, -0.15) is 18.3 Å². The number of hydrogen-bond acceptors (Lipinski definition) is 12. The molecule has 10 rings (SSSR count). The Hall–Kier alpha value is -8.52. The number of nitrogens with zero attached hydrogens (tertiary/aromatic N) is 7. The summed E-state index contributed by atoms with van der Waals surface area (Å²) in [4.78, 5) is 38.4. The van der Waals surface area contributed by atoms with Gasteiger partial charge in [0.2, 0.25) is 0 Å². The lowest BCUT2D eigenvalue weighted by Crippen LogP contribution is -2.29. The molecule has 3 aromatic heterocycles. The molecule has 3 heterocycles. The van der Waals surface area contributed by atoms with Crippen molar-refractivity contribution in [1.82, 2.24) is 34.6 Å². The number of H-pyrrole nitrogens is 1. The Labute approximate surface area is 505 Å². The topological polar surface area (TPSA) is 204 Å². The zero-order valence-electron chi connectivity index (χ0n) is 49.8. The number of benzene rings is 7. The molecule has 0 bridgehead atoms. The number of rotatable bonds is 27. The van der Waals surface area contributed by atoms with Crippen molar-refractivity contribution in [2.45, 2.75) is 104 Å². The predicted molar refractivity (Wildman–Crippen MR) is 339 cm³/mol. The normalized spacial score (nSPS) is 12.4. The number of carbonyl (C=O) groups excluding carboxylic acids is 2. The van der Waals surface area contributed by atoms with Gasteiger partial charge in [-0.05, 0) is 164 Å². The van der Waals surface area contributed by atoms with E-state index >= 15 is 0 Å². The Kier molecular flexibility index (Phi) is 21.2. The third-order valence-corrected chi connectivity index (χ3v) is 15.6. The maximum absolute atomic E-state index is 13.3. The average Bonchev–Trinajstić information content (AvgIpc) is 1.80. The van der Waals surface area contributed by atoms with Gasteiger partial charge in [0.1, 0.15) is 23.2 Å². The molecule has 0 saturated carbocycles. The molecule has 0 aliphatic heterocycles. The molecule has 7 N–H and O–H groups in total. The van der Waals surface area contributed by atoms with Gasteiger partial charge >= 0.3 is 6.18 Å². The number of alkyl halides is 3. The lowest BCUT2D eigenvalue weighted by molar-refractivity contribution is -0.137. The van der Waals surface area contributed by atoms with Gasteiger partial charge in [0.05, 0.1) is 59.2 Å². The molecule has 0 radical (unpaired) electrons. The van der Waals surface area contributed by atoms with E-state index in [4.69, 9.17) is 15.7 Å². The number of hydrogen-bond donors (Lipinski definition) is 6. The van der Waals surface area contributed by atoms with E-state index in [0.717, 1.165) is 123 Å². The monoisotopic (exact) mass is 1180 g/mol. The lowest BCUT2D eigenvalue weighted by Gasteiger charge is -2.24. The zero-order chi connectivity index (χ0) is 61.6. The van der Waals surface area contributed by atoms with E-state index in [1.165, 1.54) is 23.4 Å². The van der Waals surface area contributed by atoms with Crippen molar-refractivity contribution >= 4 is 55.9 Å². The van der Waals surface area contributed by atoms with Crippen molar-refractivity contribution in [2.75, 3.05) is 49.2 Å². The Morgan fingerprint density at radius 3 is 1.71 bits per heavy atom. The first kappa shape index (κ1) is 63.0. The van der Waals surface area contributed by atoms with Gasteiger partial charge in [-0.25, -0.2) is 9.97 Å². The fraction of sp³-hybridized carbons (Fsp3) is 0.319. The number of nitrogens with two attached hydrogens (primary N) is 1. The number of aliphatic hydroxyl groups excluding tert-OH is 3. The summed E-state index contributed by atoms with van der Waals surface area (Å²) in [6.45, 7) is 11.9. The Bertz CT molecular complexity index is 3870. The molecule has 0 aliphatic carbocycles. The first-order valence-corrected chi connectivity index (χ1v) is 29.7. The van der Waals surface area contributed by atoms with E-state index in [1.807, 2.05) is 94.4 Å². The van der Waals surface area contributed by atoms with Crippen molar-refractivity contribution in [2.24, 2.45) is 5.73 Å². The summed E-state index contributed by atoms with van der Waals surface area (Å²) in [5.74, 6) is 1.66. The van der Waals surface area contributed by atoms with Crippen LogP contribution in [0.2, 0.25) is 0 Å². The minimum absolute atomic E-state index is 0.0351. The highest BCUT2D eigenvalue weighted by Gasteiger charge is 2.30. The number of nitrogens with one attached hydrogen (secondary N) is 2. The van der Waals surface area contributed by atoms with Crippen LogP contribution in [0, 0.1) is 0 Å². The predicted octanol–water partition coefficient (Wildman–Crippen LogP) is 12.3. The molecule has 0 amide bonds. The number of aryl methyl sites for hydroxylation is 2. The fourth-order valence-corrected chi connectivity index (χ4v) is 11.1. The Morgan fingerprint density at radius 1 is 0.621 bits per heavy atom. The van der Waals surface area contributed by atoms with Gasteiger partial charge in [0, 0.05) is 98.6 Å². The number of aromatic amines is 1. The SMILES string of the molecule is CC(=O)CC(NCc1ccc2[nH]ncc2c1)c1ccc2c(c1)nc(-c1ccc(N(CCO)CCO)cc1)n2Cc1ccc(C(F)(F)F)cc1.CCCN(CCC)c1ccc(-c2nc3cc(C(N)CC(C)=O)ccc3n2CCc2ccc(CO)cc2)cc1. The van der Waals surface area contributed by atoms with Crippen LogP contribution in [0.15, 0.2) is 158 Å². The number of Topliss-reactive ketones (excluding diaryl/α,β-unsaturated/α-hetero) is 2. The minimum atomic E-state index is -4.43. The molecule has 0 spiro atoms. The molecule has 2 unspecified atom stereocenters. The summed E-state index contributed by atoms with van der Waals surface area (Å²) in [5, 5.41) is 39.9. The summed E-state index contributed by atoms with van der Waals surface area (Å²) in [6, 6.07) is 46.9. The van der Waals surface area contributed by atoms with Gasteiger partial charge in [-0.1, -0.05) is 68.4 Å². The van der Waals surface area contributed by atoms with Crippen LogP contribution in [0.5, 0.6) is 0 Å². The summed E-state index contributed by atoms with van der Waals surface area (Å²) in [7, 11) is 0. The molecule has 2 atom stereocenters. The highest BCUT2D eigenvalue weighted by atomic mass is 19.4. The smallest absolute Gasteiger partial charge is 0.395 e. The summed E-state index contributed by atoms with van der Waals surface area (Å²) in [6.07, 6.45) is 1.01. The van der Waals surface area contributed by atoms with Gasteiger partial charge < -0.3 is 45.3 Å². The van der Waals surface area contributed by atoms with Crippen LogP contribution in [0.3, 0.4) is 0 Å². The van der Waals surface area contributed by atoms with Crippen LogP contribution in [-0.2, 0) is 48.4 Å². The highest BCUT2D eigenvalue weighted by Crippen LogP contribution is 2.34. The van der Waals surface area contributed by atoms with Crippen LogP contribution >= 0.6 is 0 Å². The van der Waals surface area contributed by atoms with Crippen LogP contribution in [0.4, 0.5) is 24.5 Å². The maximum atomic E-state index is 13.3. The molecule has 87 heavy (non-hydrogen) atoms. The van der Waals surface area contributed by atoms with Crippen molar-refractivity contribution < 1.29 is 38.1 Å². The molecule has 18 heteroatoms. The number of aromatic nitrogens is 6. The number of anilines is 2. The van der Waals surface area contributed by atoms with E-state index in [1.54, 1.807) is 20.0 Å². The first-order chi connectivity index (χ1) is 42.0. The molecule has 454 valence electrons. The lowest BCUT2D eigenvalue weighted by atomic mass is 10.0. The molecule has 15 nitrogen and oxygen atoms in total. The molecule has 10 aromatic rings. The molecular formula is C69H77F3N10O5. The standard InChI is InChI=1S/C37H37F3N6O3.C32H40N4O2/c1-24(49)18-33(41-21-26-4-12-32-29(19-26)22-42-44-32)28-7-13-35-34(20-28)43-36(27-5-10-31(11-6-27)45(14-16-47)15-17-48)46(35)23-25-2-8-30(9-3-25)37(38,39)40;1-4-17-35(18-5-2)28-13-10-26(11-14-28)32-34-30-21-27(29(33)20-23(3)38)12-15-31(30)36(32)19-16-24-6-8-25(22-37)9-7-24/h2-13,19-20,22,33,41,47-48H,14-18,21,23H2,1H3,(H,42,44);6-15,21,29,37H,4-5,16-20,22,33H2,1-3H3. The van der Waals surface area contributed by atoms with Crippen molar-refractivity contribution in [3.8, 4) is 22.8 Å². The second kappa shape index (κ2) is 29.2. The molecule has 7 aromatic carbocycles. The van der Waals surface area contributed by atoms with Gasteiger partial charge in [-0.15, -0.1) is 0 Å². The third kappa shape index (κ3) is 15.9. The minimum Gasteiger partial charge on any atom is -0.395 e. The van der Waals surface area contributed by atoms with E-state index in [9.17, 15) is 38.1 Å². The van der Waals surface area contributed by atoms with Crippen LogP contribution in [-0.4, -0.2) is 95.6 Å². The molecule has 0 aliphatic rings. The van der Waals surface area contributed by atoms with Gasteiger partial charge in [0.15, 0.2) is 0 Å². The van der Waals surface area contributed by atoms with E-state index in [-0.39, 0.29) is 56.4 Å². The second-order valence-corrected chi connectivity index (χ2v) is 22.2. The van der Waals surface area contributed by atoms with E-state index in [0.29, 0.717) is 43.0 Å². The van der Waals surface area contributed by atoms with E-state index in [2.05, 4.69) is 81.3 Å². The molecule has 0 fully saturated rings. The number of fused-ring (bicyclic) bond motifs is 3. The van der Waals surface area contributed by atoms with Crippen LogP contribution in [0.1, 0.15) is 104 Å². The fourth-order valence-electron chi connectivity index (χ4n) is 11.1. The Morgan fingerprint density at radius 2 is 1.15 bits per heavy atom. The Balaban J connectivity index is 0.000000214. The number of carbonyl (C=O) groups is 2. The van der Waals surface area contributed by atoms with Crippen LogP contribution < -0.4 is 20.9 Å². The highest BCUT2D eigenvalue weighted by molar-refractivity contribution is 5.84. The van der Waals surface area contributed by atoms with Crippen molar-refractivity contribution in [1.29, 1.82) is 0 Å². The van der Waals surface area contributed by atoms with Gasteiger partial charge in [0.25, 0.3) is 0 Å². The summed E-state index contributed by atoms with van der Waals surface area (Å²) in [5.41, 5.74) is 19.5. The quantitative estimate of drug-likeness (QED) is 0.0285. The summed E-state index contributed by atoms with van der Waals surface area (Å²) < 4.78 is 44.1.